The molecule has 1 aliphatic rings. The molecular weight excluding hydrogens is 298 g/mol. The second-order valence-corrected chi connectivity index (χ2v) is 5.76. The van der Waals surface area contributed by atoms with Gasteiger partial charge in [-0.05, 0) is 30.3 Å². The smallest absolute Gasteiger partial charge is 0.152 e. The largest absolute Gasteiger partial charge is 0.398 e. The van der Waals surface area contributed by atoms with Crippen molar-refractivity contribution in [1.82, 2.24) is 0 Å². The lowest BCUT2D eigenvalue weighted by atomic mass is 10.1. The van der Waals surface area contributed by atoms with Gasteiger partial charge in [0.1, 0.15) is 0 Å². The van der Waals surface area contributed by atoms with Gasteiger partial charge >= 0.3 is 0 Å². The Kier molecular flexibility index (Phi) is 4.20. The number of hydrogen-bond donors (Lipinski definition) is 1. The predicted octanol–water partition coefficient (Wildman–Crippen LogP) is 3.06. The molecule has 0 aromatic heterocycles. The fourth-order valence-electron chi connectivity index (χ4n) is 2.77. The fourth-order valence-corrected chi connectivity index (χ4v) is 3.03. The van der Waals surface area contributed by atoms with Gasteiger partial charge in [0.05, 0.1) is 10.7 Å². The summed E-state index contributed by atoms with van der Waals surface area (Å²) in [6, 6.07) is 13.5. The molecule has 5 heteroatoms. The Hall–Kier alpha value is -2.20. The van der Waals surface area contributed by atoms with Gasteiger partial charge in [-0.25, -0.2) is 0 Å². The van der Waals surface area contributed by atoms with Gasteiger partial charge in [-0.15, -0.1) is 0 Å². The monoisotopic (exact) mass is 315 g/mol. The summed E-state index contributed by atoms with van der Waals surface area (Å²) in [7, 11) is 0. The van der Waals surface area contributed by atoms with Crippen LogP contribution in [-0.4, -0.2) is 32.5 Å². The number of aldehydes is 1. The number of rotatable bonds is 3. The Morgan fingerprint density at radius 3 is 2.36 bits per heavy atom. The Morgan fingerprint density at radius 2 is 1.68 bits per heavy atom. The number of halogens is 1. The summed E-state index contributed by atoms with van der Waals surface area (Å²) in [4.78, 5) is 15.6. The molecule has 0 saturated carbocycles. The lowest BCUT2D eigenvalue weighted by Gasteiger charge is -2.37. The fraction of sp³-hybridized carbons (Fsp3) is 0.235. The molecule has 2 aromatic carbocycles. The summed E-state index contributed by atoms with van der Waals surface area (Å²) >= 11 is 6.26. The van der Waals surface area contributed by atoms with Crippen LogP contribution in [0.1, 0.15) is 10.4 Å². The molecule has 2 aromatic rings. The van der Waals surface area contributed by atoms with Gasteiger partial charge in [0.15, 0.2) is 6.29 Å². The Morgan fingerprint density at radius 1 is 1.00 bits per heavy atom. The van der Waals surface area contributed by atoms with Crippen molar-refractivity contribution in [3.05, 3.63) is 53.1 Å². The lowest BCUT2D eigenvalue weighted by Crippen LogP contribution is -2.46. The van der Waals surface area contributed by atoms with E-state index in [4.69, 9.17) is 17.3 Å². The number of carbonyl (C=O) groups excluding carboxylic acids is 1. The van der Waals surface area contributed by atoms with Gasteiger partial charge in [0.25, 0.3) is 0 Å². The molecule has 0 radical (unpaired) electrons. The van der Waals surface area contributed by atoms with Gasteiger partial charge in [-0.3, -0.25) is 4.79 Å². The number of carbonyl (C=O) groups is 1. The highest BCUT2D eigenvalue weighted by atomic mass is 35.5. The highest BCUT2D eigenvalue weighted by Crippen LogP contribution is 2.27. The van der Waals surface area contributed by atoms with E-state index in [1.807, 2.05) is 36.4 Å². The van der Waals surface area contributed by atoms with Crippen LogP contribution in [0.4, 0.5) is 17.1 Å². The molecule has 114 valence electrons. The van der Waals surface area contributed by atoms with Crippen molar-refractivity contribution >= 4 is 34.9 Å². The normalized spacial score (nSPS) is 15.0. The third-order valence-corrected chi connectivity index (χ3v) is 4.35. The third-order valence-electron chi connectivity index (χ3n) is 4.04. The molecule has 22 heavy (non-hydrogen) atoms. The van der Waals surface area contributed by atoms with Crippen molar-refractivity contribution in [2.75, 3.05) is 41.7 Å². The summed E-state index contributed by atoms with van der Waals surface area (Å²) in [5.41, 5.74) is 8.96. The zero-order valence-corrected chi connectivity index (χ0v) is 13.0. The summed E-state index contributed by atoms with van der Waals surface area (Å²) in [6.45, 7) is 3.55. The zero-order valence-electron chi connectivity index (χ0n) is 12.2. The van der Waals surface area contributed by atoms with E-state index in [9.17, 15) is 4.79 Å². The average molecular weight is 316 g/mol. The van der Waals surface area contributed by atoms with Crippen LogP contribution in [0.25, 0.3) is 0 Å². The van der Waals surface area contributed by atoms with Crippen LogP contribution in [0, 0.1) is 0 Å². The number of nitrogens with zero attached hydrogens (tertiary/aromatic N) is 2. The van der Waals surface area contributed by atoms with E-state index in [-0.39, 0.29) is 0 Å². The summed E-state index contributed by atoms with van der Waals surface area (Å²) in [6.07, 6.45) is 0.804. The number of hydrogen-bond acceptors (Lipinski definition) is 4. The zero-order chi connectivity index (χ0) is 15.5. The van der Waals surface area contributed by atoms with Gasteiger partial charge in [-0.2, -0.15) is 0 Å². The van der Waals surface area contributed by atoms with E-state index < -0.39 is 0 Å². The molecular formula is C17H18ClN3O. The van der Waals surface area contributed by atoms with Crippen LogP contribution in [0.3, 0.4) is 0 Å². The van der Waals surface area contributed by atoms with Gasteiger partial charge < -0.3 is 15.5 Å². The second-order valence-electron chi connectivity index (χ2n) is 5.36. The number of nitrogen functional groups attached to an aromatic ring is 1. The van der Waals surface area contributed by atoms with Crippen molar-refractivity contribution in [3.8, 4) is 0 Å². The number of piperazine rings is 1. The molecule has 1 heterocycles. The topological polar surface area (TPSA) is 49.6 Å². The minimum atomic E-state index is 0.522. The first kappa shape index (κ1) is 14.7. The predicted molar refractivity (Wildman–Crippen MR) is 92.1 cm³/mol. The van der Waals surface area contributed by atoms with Crippen LogP contribution in [0.2, 0.25) is 5.02 Å². The standard InChI is InChI=1S/C17H18ClN3O/c18-15-3-1-2-4-17(15)21-9-7-20(8-10-21)14-5-6-16(19)13(11-14)12-22/h1-6,11-12H,7-10,19H2. The number of anilines is 3. The Balaban J connectivity index is 1.72. The molecule has 2 N–H and O–H groups in total. The SMILES string of the molecule is Nc1ccc(N2CCN(c3ccccc3Cl)CC2)cc1C=O. The van der Waals surface area contributed by atoms with Crippen LogP contribution in [0.5, 0.6) is 0 Å². The average Bonchev–Trinajstić information content (AvgIpc) is 2.56. The van der Waals surface area contributed by atoms with Crippen molar-refractivity contribution in [2.45, 2.75) is 0 Å². The second kappa shape index (κ2) is 6.28. The minimum Gasteiger partial charge on any atom is -0.398 e. The molecule has 0 amide bonds. The van der Waals surface area contributed by atoms with E-state index in [1.54, 1.807) is 6.07 Å². The maximum atomic E-state index is 11.0. The van der Waals surface area contributed by atoms with Crippen molar-refractivity contribution in [2.24, 2.45) is 0 Å². The summed E-state index contributed by atoms with van der Waals surface area (Å²) in [5.74, 6) is 0. The molecule has 0 bridgehead atoms. The van der Waals surface area contributed by atoms with E-state index in [1.165, 1.54) is 0 Å². The highest BCUT2D eigenvalue weighted by molar-refractivity contribution is 6.33. The van der Waals surface area contributed by atoms with Crippen molar-refractivity contribution in [1.29, 1.82) is 0 Å². The molecule has 0 atom stereocenters. The van der Waals surface area contributed by atoms with Crippen molar-refractivity contribution < 1.29 is 4.79 Å². The number of nitrogens with two attached hydrogens (primary N) is 1. The first-order valence-corrected chi connectivity index (χ1v) is 7.66. The molecule has 3 rings (SSSR count). The van der Waals surface area contributed by atoms with Crippen LogP contribution >= 0.6 is 11.6 Å². The molecule has 1 aliphatic heterocycles. The van der Waals surface area contributed by atoms with E-state index >= 15 is 0 Å². The maximum Gasteiger partial charge on any atom is 0.152 e. The molecule has 1 fully saturated rings. The Bertz CT molecular complexity index is 681. The van der Waals surface area contributed by atoms with Crippen LogP contribution in [0.15, 0.2) is 42.5 Å². The molecule has 4 nitrogen and oxygen atoms in total. The van der Waals surface area contributed by atoms with Gasteiger partial charge in [-0.1, -0.05) is 23.7 Å². The Labute approximate surface area is 135 Å². The number of para-hydroxylation sites is 1. The summed E-state index contributed by atoms with van der Waals surface area (Å²) in [5, 5.41) is 0.784. The molecule has 0 spiro atoms. The van der Waals surface area contributed by atoms with Crippen molar-refractivity contribution in [3.63, 3.8) is 0 Å². The number of benzene rings is 2. The van der Waals surface area contributed by atoms with Gasteiger partial charge in [0.2, 0.25) is 0 Å². The molecule has 1 saturated heterocycles. The molecule has 0 aliphatic carbocycles. The molecule has 0 unspecified atom stereocenters. The van der Waals surface area contributed by atoms with E-state index in [2.05, 4.69) is 9.80 Å². The lowest BCUT2D eigenvalue weighted by molar-refractivity contribution is 0.112. The van der Waals surface area contributed by atoms with Gasteiger partial charge in [0, 0.05) is 43.1 Å². The summed E-state index contributed by atoms with van der Waals surface area (Å²) < 4.78 is 0. The first-order valence-electron chi connectivity index (χ1n) is 7.28. The van der Waals surface area contributed by atoms with E-state index in [0.29, 0.717) is 11.3 Å². The quantitative estimate of drug-likeness (QED) is 0.698. The van der Waals surface area contributed by atoms with Crippen LogP contribution < -0.4 is 15.5 Å². The minimum absolute atomic E-state index is 0.522. The highest BCUT2D eigenvalue weighted by Gasteiger charge is 2.19. The van der Waals surface area contributed by atoms with Crippen LogP contribution in [-0.2, 0) is 0 Å². The van der Waals surface area contributed by atoms with E-state index in [0.717, 1.165) is 48.9 Å². The third kappa shape index (κ3) is 2.88. The first-order chi connectivity index (χ1) is 10.7. The maximum absolute atomic E-state index is 11.0.